The van der Waals surface area contributed by atoms with Crippen LogP contribution in [0, 0.1) is 0 Å². The van der Waals surface area contributed by atoms with E-state index in [1.807, 2.05) is 49.7 Å². The number of carbonyl (C=O) groups is 1. The van der Waals surface area contributed by atoms with Gasteiger partial charge in [0.15, 0.2) is 0 Å². The number of pyridine rings is 1. The van der Waals surface area contributed by atoms with Crippen LogP contribution in [0.5, 0.6) is 0 Å². The molecule has 3 rings (SSSR count). The lowest BCUT2D eigenvalue weighted by Gasteiger charge is -2.35. The Balaban J connectivity index is 1.74. The second-order valence-electron chi connectivity index (χ2n) is 5.98. The van der Waals surface area contributed by atoms with Gasteiger partial charge in [0.2, 0.25) is 5.91 Å². The molecule has 0 aromatic carbocycles. The summed E-state index contributed by atoms with van der Waals surface area (Å²) in [6.45, 7) is 2.22. The maximum atomic E-state index is 12.6. The quantitative estimate of drug-likeness (QED) is 0.844. The van der Waals surface area contributed by atoms with Crippen LogP contribution in [0.15, 0.2) is 36.9 Å². The van der Waals surface area contributed by atoms with E-state index in [0.717, 1.165) is 17.9 Å². The summed E-state index contributed by atoms with van der Waals surface area (Å²) in [6.07, 6.45) is 5.79. The molecule has 1 atom stereocenters. The van der Waals surface area contributed by atoms with Gasteiger partial charge in [-0.1, -0.05) is 6.07 Å². The SMILES string of the molecule is CN(C)C[C@H]1CN(C(=O)Cc2ccccn2)Cc2cncn21. The third kappa shape index (κ3) is 3.17. The van der Waals surface area contributed by atoms with Gasteiger partial charge in [-0.2, -0.15) is 0 Å². The molecule has 1 aliphatic heterocycles. The number of imidazole rings is 1. The van der Waals surface area contributed by atoms with Crippen LogP contribution in [0.4, 0.5) is 0 Å². The molecule has 6 heteroatoms. The number of carbonyl (C=O) groups excluding carboxylic acids is 1. The molecular formula is C16H21N5O. The third-order valence-electron chi connectivity index (χ3n) is 3.91. The number of rotatable bonds is 4. The van der Waals surface area contributed by atoms with E-state index in [2.05, 4.69) is 19.4 Å². The Morgan fingerprint density at radius 3 is 3.00 bits per heavy atom. The summed E-state index contributed by atoms with van der Waals surface area (Å²) in [5.41, 5.74) is 1.91. The van der Waals surface area contributed by atoms with Gasteiger partial charge in [-0.15, -0.1) is 0 Å². The molecule has 1 aliphatic rings. The van der Waals surface area contributed by atoms with Crippen LogP contribution in [-0.4, -0.2) is 57.4 Å². The Labute approximate surface area is 130 Å². The fraction of sp³-hybridized carbons (Fsp3) is 0.438. The normalized spacial score (nSPS) is 17.6. The summed E-state index contributed by atoms with van der Waals surface area (Å²) in [6, 6.07) is 5.91. The molecule has 116 valence electrons. The summed E-state index contributed by atoms with van der Waals surface area (Å²) in [5, 5.41) is 0. The van der Waals surface area contributed by atoms with Gasteiger partial charge in [0.1, 0.15) is 0 Å². The van der Waals surface area contributed by atoms with Crippen LogP contribution in [0.2, 0.25) is 0 Å². The van der Waals surface area contributed by atoms with Crippen molar-refractivity contribution in [2.24, 2.45) is 0 Å². The second-order valence-corrected chi connectivity index (χ2v) is 5.98. The monoisotopic (exact) mass is 299 g/mol. The summed E-state index contributed by atoms with van der Waals surface area (Å²) in [5.74, 6) is 0.120. The van der Waals surface area contributed by atoms with Crippen LogP contribution >= 0.6 is 0 Å². The van der Waals surface area contributed by atoms with Crippen molar-refractivity contribution in [1.82, 2.24) is 24.3 Å². The first-order valence-corrected chi connectivity index (χ1v) is 7.46. The summed E-state index contributed by atoms with van der Waals surface area (Å²) in [7, 11) is 4.09. The van der Waals surface area contributed by atoms with E-state index in [4.69, 9.17) is 0 Å². The Bertz CT molecular complexity index is 637. The minimum atomic E-state index is 0.120. The van der Waals surface area contributed by atoms with Gasteiger partial charge < -0.3 is 14.4 Å². The van der Waals surface area contributed by atoms with Gasteiger partial charge in [0, 0.05) is 31.2 Å². The van der Waals surface area contributed by atoms with Crippen molar-refractivity contribution in [2.75, 3.05) is 27.2 Å². The van der Waals surface area contributed by atoms with Gasteiger partial charge in [-0.3, -0.25) is 9.78 Å². The zero-order valence-corrected chi connectivity index (χ0v) is 13.0. The number of nitrogens with zero attached hydrogens (tertiary/aromatic N) is 5. The van der Waals surface area contributed by atoms with Crippen molar-refractivity contribution in [3.8, 4) is 0 Å². The lowest BCUT2D eigenvalue weighted by molar-refractivity contribution is -0.132. The molecule has 6 nitrogen and oxygen atoms in total. The van der Waals surface area contributed by atoms with E-state index in [1.54, 1.807) is 6.20 Å². The van der Waals surface area contributed by atoms with E-state index >= 15 is 0 Å². The van der Waals surface area contributed by atoms with Crippen LogP contribution in [-0.2, 0) is 17.8 Å². The molecule has 22 heavy (non-hydrogen) atoms. The average Bonchev–Trinajstić information content (AvgIpc) is 2.96. The van der Waals surface area contributed by atoms with Crippen molar-refractivity contribution >= 4 is 5.91 Å². The largest absolute Gasteiger partial charge is 0.334 e. The van der Waals surface area contributed by atoms with E-state index < -0.39 is 0 Å². The molecule has 2 aromatic rings. The fourth-order valence-electron chi connectivity index (χ4n) is 2.91. The zero-order chi connectivity index (χ0) is 15.5. The Hall–Kier alpha value is -2.21. The second kappa shape index (κ2) is 6.27. The van der Waals surface area contributed by atoms with Crippen molar-refractivity contribution in [1.29, 1.82) is 0 Å². The van der Waals surface area contributed by atoms with Crippen molar-refractivity contribution < 1.29 is 4.79 Å². The molecule has 0 saturated carbocycles. The highest BCUT2D eigenvalue weighted by Crippen LogP contribution is 2.22. The van der Waals surface area contributed by atoms with Gasteiger partial charge in [0.25, 0.3) is 0 Å². The topological polar surface area (TPSA) is 54.3 Å². The number of amides is 1. The molecule has 0 spiro atoms. The standard InChI is InChI=1S/C16H21N5O/c1-19(2)9-15-11-20(10-14-8-17-12-21(14)15)16(22)7-13-5-3-4-6-18-13/h3-6,8,12,15H,7,9-11H2,1-2H3/t15-/m0/s1. The molecule has 0 fully saturated rings. The third-order valence-corrected chi connectivity index (χ3v) is 3.91. The predicted octanol–water partition coefficient (Wildman–Crippen LogP) is 0.966. The molecule has 0 saturated heterocycles. The first-order valence-electron chi connectivity index (χ1n) is 7.46. The maximum absolute atomic E-state index is 12.6. The van der Waals surface area contributed by atoms with Crippen LogP contribution in [0.3, 0.4) is 0 Å². The number of aromatic nitrogens is 3. The Morgan fingerprint density at radius 2 is 2.27 bits per heavy atom. The van der Waals surface area contributed by atoms with Gasteiger partial charge in [-0.05, 0) is 26.2 Å². The van der Waals surface area contributed by atoms with E-state index in [-0.39, 0.29) is 11.9 Å². The van der Waals surface area contributed by atoms with Gasteiger partial charge >= 0.3 is 0 Å². The number of hydrogen-bond acceptors (Lipinski definition) is 4. The maximum Gasteiger partial charge on any atom is 0.229 e. The molecule has 0 unspecified atom stereocenters. The minimum absolute atomic E-state index is 0.120. The van der Waals surface area contributed by atoms with Crippen LogP contribution in [0.25, 0.3) is 0 Å². The van der Waals surface area contributed by atoms with Gasteiger partial charge in [0.05, 0.1) is 31.0 Å². The first-order chi connectivity index (χ1) is 10.6. The van der Waals surface area contributed by atoms with E-state index in [0.29, 0.717) is 19.5 Å². The highest BCUT2D eigenvalue weighted by molar-refractivity contribution is 5.78. The summed E-state index contributed by atoms with van der Waals surface area (Å²) in [4.78, 5) is 25.1. The molecular weight excluding hydrogens is 278 g/mol. The number of likely N-dealkylation sites (N-methyl/N-ethyl adjacent to an activating group) is 1. The number of fused-ring (bicyclic) bond motifs is 1. The average molecular weight is 299 g/mol. The Kier molecular flexibility index (Phi) is 4.20. The van der Waals surface area contributed by atoms with E-state index in [1.165, 1.54) is 0 Å². The summed E-state index contributed by atoms with van der Waals surface area (Å²) < 4.78 is 2.19. The minimum Gasteiger partial charge on any atom is -0.334 e. The predicted molar refractivity (Wildman–Crippen MR) is 83.2 cm³/mol. The van der Waals surface area contributed by atoms with Crippen LogP contribution < -0.4 is 0 Å². The fourth-order valence-corrected chi connectivity index (χ4v) is 2.91. The zero-order valence-electron chi connectivity index (χ0n) is 13.0. The van der Waals surface area contributed by atoms with Crippen molar-refractivity contribution in [2.45, 2.75) is 19.0 Å². The Morgan fingerprint density at radius 1 is 1.41 bits per heavy atom. The molecule has 2 aromatic heterocycles. The van der Waals surface area contributed by atoms with Crippen molar-refractivity contribution in [3.05, 3.63) is 48.3 Å². The summed E-state index contributed by atoms with van der Waals surface area (Å²) >= 11 is 0. The first kappa shape index (κ1) is 14.7. The highest BCUT2D eigenvalue weighted by atomic mass is 16.2. The highest BCUT2D eigenvalue weighted by Gasteiger charge is 2.28. The van der Waals surface area contributed by atoms with Gasteiger partial charge in [-0.25, -0.2) is 4.98 Å². The molecule has 0 radical (unpaired) electrons. The van der Waals surface area contributed by atoms with Crippen LogP contribution in [0.1, 0.15) is 17.4 Å². The molecule has 0 bridgehead atoms. The smallest absolute Gasteiger partial charge is 0.229 e. The molecule has 3 heterocycles. The van der Waals surface area contributed by atoms with E-state index in [9.17, 15) is 4.79 Å². The molecule has 0 aliphatic carbocycles. The number of hydrogen-bond donors (Lipinski definition) is 0. The lowest BCUT2D eigenvalue weighted by Crippen LogP contribution is -2.44. The lowest BCUT2D eigenvalue weighted by atomic mass is 10.1. The molecule has 0 N–H and O–H groups in total. The van der Waals surface area contributed by atoms with Crippen molar-refractivity contribution in [3.63, 3.8) is 0 Å². The molecule has 1 amide bonds.